The third-order valence-corrected chi connectivity index (χ3v) is 6.49. The van der Waals surface area contributed by atoms with Gasteiger partial charge in [0.05, 0.1) is 5.52 Å². The van der Waals surface area contributed by atoms with Gasteiger partial charge in [-0.15, -0.1) is 5.10 Å². The van der Waals surface area contributed by atoms with Crippen LogP contribution in [-0.4, -0.2) is 29.9 Å². The largest absolute Gasteiger partial charge is 0.373 e. The molecule has 7 nitrogen and oxygen atoms in total. The van der Waals surface area contributed by atoms with Crippen LogP contribution in [0.2, 0.25) is 10.0 Å². The number of aromatic nitrogens is 5. The second-order valence-electron chi connectivity index (χ2n) is 8.04. The van der Waals surface area contributed by atoms with E-state index in [1.165, 1.54) is 4.68 Å². The third kappa shape index (κ3) is 3.58. The lowest BCUT2D eigenvalue weighted by atomic mass is 9.84. The average molecular weight is 492 g/mol. The molecule has 0 saturated heterocycles. The fourth-order valence-corrected chi connectivity index (χ4v) is 4.55. The zero-order valence-electron chi connectivity index (χ0n) is 18.3. The Hall–Kier alpha value is -3.52. The van der Waals surface area contributed by atoms with Gasteiger partial charge in [-0.1, -0.05) is 53.5 Å². The van der Waals surface area contributed by atoms with Gasteiger partial charge >= 0.3 is 0 Å². The number of aryl methyl sites for hydroxylation is 2. The number of fused-ring (bicyclic) bond motifs is 1. The van der Waals surface area contributed by atoms with Crippen molar-refractivity contribution in [1.29, 1.82) is 0 Å². The maximum Gasteiger partial charge on any atom is 0.251 e. The van der Waals surface area contributed by atoms with Crippen LogP contribution in [0.15, 0.2) is 77.6 Å². The third-order valence-electron chi connectivity index (χ3n) is 6.01. The number of hydrogen-bond donors (Lipinski definition) is 1. The van der Waals surface area contributed by atoms with Gasteiger partial charge in [0.15, 0.2) is 11.4 Å². The van der Waals surface area contributed by atoms with Crippen molar-refractivity contribution >= 4 is 34.1 Å². The predicted octanol–water partition coefficient (Wildman–Crippen LogP) is 4.32. The van der Waals surface area contributed by atoms with E-state index < -0.39 is 5.60 Å². The highest BCUT2D eigenvalue weighted by Gasteiger charge is 2.39. The molecule has 0 radical (unpaired) electrons. The lowest BCUT2D eigenvalue weighted by Gasteiger charge is -2.28. The molecule has 0 saturated carbocycles. The fourth-order valence-electron chi connectivity index (χ4n) is 4.23. The monoisotopic (exact) mass is 491 g/mol. The van der Waals surface area contributed by atoms with E-state index >= 15 is 0 Å². The number of nitrogens with zero attached hydrogens (tertiary/aromatic N) is 5. The van der Waals surface area contributed by atoms with Crippen molar-refractivity contribution in [2.75, 3.05) is 0 Å². The van der Waals surface area contributed by atoms with Crippen LogP contribution in [0.25, 0.3) is 22.0 Å². The lowest BCUT2D eigenvalue weighted by Crippen LogP contribution is -2.32. The first-order valence-electron chi connectivity index (χ1n) is 10.4. The molecule has 34 heavy (non-hydrogen) atoms. The van der Waals surface area contributed by atoms with Crippen LogP contribution in [0.3, 0.4) is 0 Å². The van der Waals surface area contributed by atoms with Gasteiger partial charge in [0, 0.05) is 35.6 Å². The first-order valence-corrected chi connectivity index (χ1v) is 11.2. The Balaban J connectivity index is 1.84. The highest BCUT2D eigenvalue weighted by Crippen LogP contribution is 2.38. The molecule has 0 aliphatic rings. The molecular formula is C25H19Cl2N5O2. The second-order valence-corrected chi connectivity index (χ2v) is 8.91. The molecule has 0 fully saturated rings. The quantitative estimate of drug-likeness (QED) is 0.404. The van der Waals surface area contributed by atoms with Gasteiger partial charge in [-0.25, -0.2) is 4.68 Å². The Morgan fingerprint density at radius 2 is 1.62 bits per heavy atom. The normalized spacial score (nSPS) is 13.2. The predicted molar refractivity (Wildman–Crippen MR) is 132 cm³/mol. The number of halogens is 2. The van der Waals surface area contributed by atoms with Gasteiger partial charge < -0.3 is 9.67 Å². The van der Waals surface area contributed by atoms with E-state index in [0.717, 1.165) is 10.9 Å². The molecule has 0 spiro atoms. The minimum Gasteiger partial charge on any atom is -0.373 e. The van der Waals surface area contributed by atoms with E-state index in [1.54, 1.807) is 67.2 Å². The Bertz CT molecular complexity index is 1590. The summed E-state index contributed by atoms with van der Waals surface area (Å²) in [7, 11) is 3.38. The molecule has 0 amide bonds. The Morgan fingerprint density at radius 3 is 2.29 bits per heavy atom. The molecule has 1 atom stereocenters. The van der Waals surface area contributed by atoms with Gasteiger partial charge in [0.2, 0.25) is 0 Å². The number of tetrazole rings is 1. The fraction of sp³-hybridized carbons (Fsp3) is 0.120. The molecule has 2 heterocycles. The summed E-state index contributed by atoms with van der Waals surface area (Å²) >= 11 is 12.3. The first-order chi connectivity index (χ1) is 16.3. The van der Waals surface area contributed by atoms with Crippen molar-refractivity contribution in [1.82, 2.24) is 24.8 Å². The summed E-state index contributed by atoms with van der Waals surface area (Å²) in [5.74, 6) is 0.239. The van der Waals surface area contributed by atoms with Crippen molar-refractivity contribution in [2.24, 2.45) is 14.1 Å². The maximum atomic E-state index is 12.7. The summed E-state index contributed by atoms with van der Waals surface area (Å²) in [5, 5.41) is 25.8. The van der Waals surface area contributed by atoms with Crippen molar-refractivity contribution in [2.45, 2.75) is 5.60 Å². The highest BCUT2D eigenvalue weighted by molar-refractivity contribution is 6.31. The van der Waals surface area contributed by atoms with E-state index in [4.69, 9.17) is 23.2 Å². The van der Waals surface area contributed by atoms with E-state index in [0.29, 0.717) is 32.3 Å². The van der Waals surface area contributed by atoms with Crippen LogP contribution in [0.1, 0.15) is 17.0 Å². The molecule has 2 aromatic heterocycles. The minimum absolute atomic E-state index is 0.152. The number of aliphatic hydroxyl groups is 1. The molecule has 9 heteroatoms. The van der Waals surface area contributed by atoms with Crippen LogP contribution in [0.4, 0.5) is 0 Å². The average Bonchev–Trinajstić information content (AvgIpc) is 3.27. The summed E-state index contributed by atoms with van der Waals surface area (Å²) in [5.41, 5.74) is 1.45. The van der Waals surface area contributed by atoms with E-state index in [9.17, 15) is 9.90 Å². The van der Waals surface area contributed by atoms with Gasteiger partial charge in [-0.3, -0.25) is 4.79 Å². The number of hydrogen-bond acceptors (Lipinski definition) is 5. The molecule has 0 aliphatic carbocycles. The number of rotatable bonds is 4. The van der Waals surface area contributed by atoms with Crippen molar-refractivity contribution in [3.63, 3.8) is 0 Å². The van der Waals surface area contributed by atoms with Crippen LogP contribution < -0.4 is 5.56 Å². The highest BCUT2D eigenvalue weighted by atomic mass is 35.5. The SMILES string of the molecule is Cn1nnnc1C(O)(c1ccc(Cl)cc1)c1ccc2c(c1)c(-c1cccc(Cl)c1)cc(=O)n2C. The summed E-state index contributed by atoms with van der Waals surface area (Å²) in [6.07, 6.45) is 0. The molecule has 3 aromatic carbocycles. The zero-order chi connectivity index (χ0) is 24.0. The molecule has 1 N–H and O–H groups in total. The first kappa shape index (κ1) is 22.3. The number of benzene rings is 3. The minimum atomic E-state index is -1.68. The van der Waals surface area contributed by atoms with Crippen LogP contribution in [-0.2, 0) is 19.7 Å². The molecule has 5 rings (SSSR count). The smallest absolute Gasteiger partial charge is 0.251 e. The Labute approximate surface area is 204 Å². The van der Waals surface area contributed by atoms with Gasteiger partial charge in [-0.05, 0) is 69.1 Å². The van der Waals surface area contributed by atoms with Crippen molar-refractivity contribution in [3.8, 4) is 11.1 Å². The summed E-state index contributed by atoms with van der Waals surface area (Å²) in [6.45, 7) is 0. The zero-order valence-corrected chi connectivity index (χ0v) is 19.8. The molecular weight excluding hydrogens is 473 g/mol. The number of pyridine rings is 1. The summed E-state index contributed by atoms with van der Waals surface area (Å²) in [4.78, 5) is 12.7. The second kappa shape index (κ2) is 8.36. The Morgan fingerprint density at radius 1 is 0.882 bits per heavy atom. The van der Waals surface area contributed by atoms with Gasteiger partial charge in [0.25, 0.3) is 5.56 Å². The molecule has 1 unspecified atom stereocenters. The maximum absolute atomic E-state index is 12.7. The van der Waals surface area contributed by atoms with Gasteiger partial charge in [0.1, 0.15) is 0 Å². The summed E-state index contributed by atoms with van der Waals surface area (Å²) < 4.78 is 3.00. The van der Waals surface area contributed by atoms with E-state index in [1.807, 2.05) is 24.3 Å². The molecule has 170 valence electrons. The van der Waals surface area contributed by atoms with E-state index in [2.05, 4.69) is 15.5 Å². The van der Waals surface area contributed by atoms with Crippen molar-refractivity contribution in [3.05, 3.63) is 110 Å². The van der Waals surface area contributed by atoms with Crippen LogP contribution in [0, 0.1) is 0 Å². The standard InChI is InChI=1S/C25H19Cl2N5O2/c1-31-22-11-8-17(13-21(22)20(14-23(31)33)15-4-3-5-19(27)12-15)25(34,24-28-29-30-32(24)2)16-6-9-18(26)10-7-16/h3-14,34H,1-2H3. The topological polar surface area (TPSA) is 85.8 Å². The van der Waals surface area contributed by atoms with Crippen LogP contribution >= 0.6 is 23.2 Å². The van der Waals surface area contributed by atoms with Crippen molar-refractivity contribution < 1.29 is 5.11 Å². The van der Waals surface area contributed by atoms with Crippen LogP contribution in [0.5, 0.6) is 0 Å². The van der Waals surface area contributed by atoms with Gasteiger partial charge in [-0.2, -0.15) is 0 Å². The molecule has 0 bridgehead atoms. The van der Waals surface area contributed by atoms with E-state index in [-0.39, 0.29) is 11.4 Å². The lowest BCUT2D eigenvalue weighted by molar-refractivity contribution is 0.111. The molecule has 0 aliphatic heterocycles. The molecule has 5 aromatic rings. The Kier molecular flexibility index (Phi) is 5.48. The summed E-state index contributed by atoms with van der Waals surface area (Å²) in [6, 6.07) is 21.2.